The summed E-state index contributed by atoms with van der Waals surface area (Å²) in [6.07, 6.45) is 1.49. The fraction of sp³-hybridized carbons (Fsp3) is 0.200. The third kappa shape index (κ3) is 4.54. The zero-order valence-electron chi connectivity index (χ0n) is 11.5. The molecule has 1 N–H and O–H groups in total. The van der Waals surface area contributed by atoms with Crippen molar-refractivity contribution in [2.24, 2.45) is 0 Å². The molecule has 0 aliphatic carbocycles. The predicted molar refractivity (Wildman–Crippen MR) is 76.0 cm³/mol. The molecule has 0 aliphatic rings. The van der Waals surface area contributed by atoms with Crippen molar-refractivity contribution < 1.29 is 18.7 Å². The second kappa shape index (κ2) is 7.35. The van der Waals surface area contributed by atoms with Crippen LogP contribution in [0.3, 0.4) is 0 Å². The highest BCUT2D eigenvalue weighted by Crippen LogP contribution is 2.13. The zero-order valence-corrected chi connectivity index (χ0v) is 11.5. The molecule has 5 nitrogen and oxygen atoms in total. The van der Waals surface area contributed by atoms with Gasteiger partial charge in [0, 0.05) is 18.7 Å². The highest BCUT2D eigenvalue weighted by atomic mass is 19.1. The number of anilines is 1. The Morgan fingerprint density at radius 1 is 1.19 bits per heavy atom. The van der Waals surface area contributed by atoms with Gasteiger partial charge in [0.15, 0.2) is 0 Å². The van der Waals surface area contributed by atoms with Gasteiger partial charge in [-0.15, -0.1) is 0 Å². The van der Waals surface area contributed by atoms with Crippen molar-refractivity contribution in [1.82, 2.24) is 4.98 Å². The molecule has 0 fully saturated rings. The Morgan fingerprint density at radius 3 is 2.57 bits per heavy atom. The molecule has 0 saturated heterocycles. The first-order valence-electron chi connectivity index (χ1n) is 6.34. The fourth-order valence-corrected chi connectivity index (χ4v) is 1.57. The van der Waals surface area contributed by atoms with Crippen LogP contribution in [0.2, 0.25) is 0 Å². The molecule has 1 aromatic carbocycles. The van der Waals surface area contributed by atoms with E-state index >= 15 is 0 Å². The van der Waals surface area contributed by atoms with Crippen LogP contribution >= 0.6 is 0 Å². The predicted octanol–water partition coefficient (Wildman–Crippen LogP) is 2.50. The fourth-order valence-electron chi connectivity index (χ4n) is 1.57. The Labute approximate surface area is 121 Å². The van der Waals surface area contributed by atoms with Gasteiger partial charge in [-0.25, -0.2) is 9.37 Å². The van der Waals surface area contributed by atoms with Gasteiger partial charge in [-0.05, 0) is 30.3 Å². The van der Waals surface area contributed by atoms with Crippen molar-refractivity contribution in [2.45, 2.75) is 0 Å². The van der Waals surface area contributed by atoms with E-state index in [9.17, 15) is 9.18 Å². The summed E-state index contributed by atoms with van der Waals surface area (Å²) in [6, 6.07) is 8.63. The number of pyridine rings is 1. The monoisotopic (exact) mass is 290 g/mol. The van der Waals surface area contributed by atoms with Crippen molar-refractivity contribution in [1.29, 1.82) is 0 Å². The van der Waals surface area contributed by atoms with Crippen molar-refractivity contribution >= 4 is 11.6 Å². The summed E-state index contributed by atoms with van der Waals surface area (Å²) in [6.45, 7) is 0.884. The lowest BCUT2D eigenvalue weighted by molar-refractivity contribution is 0.102. The number of nitrogens with one attached hydrogen (secondary N) is 1. The van der Waals surface area contributed by atoms with Gasteiger partial charge in [-0.1, -0.05) is 0 Å². The molecule has 1 aromatic heterocycles. The van der Waals surface area contributed by atoms with Crippen LogP contribution < -0.4 is 10.1 Å². The Kier molecular flexibility index (Phi) is 5.22. The van der Waals surface area contributed by atoms with Gasteiger partial charge >= 0.3 is 0 Å². The molecule has 2 aromatic rings. The van der Waals surface area contributed by atoms with Crippen LogP contribution in [0.15, 0.2) is 42.6 Å². The molecule has 0 radical (unpaired) electrons. The van der Waals surface area contributed by atoms with Crippen molar-refractivity contribution in [3.63, 3.8) is 0 Å². The number of hydrogen-bond donors (Lipinski definition) is 1. The summed E-state index contributed by atoms with van der Waals surface area (Å²) in [7, 11) is 1.59. The summed E-state index contributed by atoms with van der Waals surface area (Å²) in [5.74, 6) is -0.262. The molecule has 1 amide bonds. The summed E-state index contributed by atoms with van der Waals surface area (Å²) in [5.41, 5.74) is 0.903. The summed E-state index contributed by atoms with van der Waals surface area (Å²) >= 11 is 0. The van der Waals surface area contributed by atoms with E-state index in [0.717, 1.165) is 0 Å². The lowest BCUT2D eigenvalue weighted by Gasteiger charge is -2.07. The van der Waals surface area contributed by atoms with Crippen LogP contribution in [-0.2, 0) is 4.74 Å². The number of ether oxygens (including phenoxy) is 2. The van der Waals surface area contributed by atoms with E-state index in [0.29, 0.717) is 30.3 Å². The molecule has 0 unspecified atom stereocenters. The molecule has 0 saturated carbocycles. The van der Waals surface area contributed by atoms with Crippen molar-refractivity contribution in [3.05, 3.63) is 54.0 Å². The number of benzene rings is 1. The molecule has 0 spiro atoms. The highest BCUT2D eigenvalue weighted by molar-refractivity contribution is 6.04. The van der Waals surface area contributed by atoms with E-state index in [1.165, 1.54) is 30.5 Å². The molecule has 6 heteroatoms. The molecular weight excluding hydrogens is 275 g/mol. The second-order valence-corrected chi connectivity index (χ2v) is 4.19. The third-order valence-electron chi connectivity index (χ3n) is 2.64. The van der Waals surface area contributed by atoms with Gasteiger partial charge in [0.25, 0.3) is 5.91 Å². The number of nitrogens with zero attached hydrogens (tertiary/aromatic N) is 1. The van der Waals surface area contributed by atoms with E-state index in [4.69, 9.17) is 9.47 Å². The van der Waals surface area contributed by atoms with E-state index < -0.39 is 0 Å². The largest absolute Gasteiger partial charge is 0.475 e. The maximum atomic E-state index is 12.8. The van der Waals surface area contributed by atoms with Crippen LogP contribution in [0.4, 0.5) is 10.1 Å². The topological polar surface area (TPSA) is 60.5 Å². The molecular formula is C15H15FN2O3. The number of hydrogen-bond acceptors (Lipinski definition) is 4. The minimum absolute atomic E-state index is 0.329. The quantitative estimate of drug-likeness (QED) is 0.830. The summed E-state index contributed by atoms with van der Waals surface area (Å²) in [5, 5.41) is 2.67. The van der Waals surface area contributed by atoms with E-state index in [-0.39, 0.29) is 11.7 Å². The van der Waals surface area contributed by atoms with Crippen LogP contribution in [0.5, 0.6) is 5.88 Å². The zero-order chi connectivity index (χ0) is 15.1. The van der Waals surface area contributed by atoms with Crippen LogP contribution in [0, 0.1) is 5.82 Å². The van der Waals surface area contributed by atoms with Gasteiger partial charge in [-0.2, -0.15) is 0 Å². The molecule has 1 heterocycles. The lowest BCUT2D eigenvalue weighted by atomic mass is 10.2. The maximum Gasteiger partial charge on any atom is 0.255 e. The molecule has 110 valence electrons. The normalized spacial score (nSPS) is 10.2. The average Bonchev–Trinajstić information content (AvgIpc) is 2.50. The molecule has 0 bridgehead atoms. The van der Waals surface area contributed by atoms with Gasteiger partial charge in [0.1, 0.15) is 12.4 Å². The third-order valence-corrected chi connectivity index (χ3v) is 2.64. The minimum Gasteiger partial charge on any atom is -0.475 e. The number of carbonyl (C=O) groups excluding carboxylic acids is 1. The highest BCUT2D eigenvalue weighted by Gasteiger charge is 2.06. The standard InChI is InChI=1S/C15H15FN2O3/c1-20-8-9-21-14-7-6-13(10-17-14)18-15(19)11-2-4-12(16)5-3-11/h2-7,10H,8-9H2,1H3,(H,18,19). The summed E-state index contributed by atoms with van der Waals surface area (Å²) in [4.78, 5) is 16.0. The maximum absolute atomic E-state index is 12.8. The Balaban J connectivity index is 1.93. The first-order chi connectivity index (χ1) is 10.2. The van der Waals surface area contributed by atoms with Gasteiger partial charge < -0.3 is 14.8 Å². The van der Waals surface area contributed by atoms with Crippen LogP contribution in [0.25, 0.3) is 0 Å². The molecule has 0 aliphatic heterocycles. The Bertz CT molecular complexity index is 585. The number of methoxy groups -OCH3 is 1. The number of aromatic nitrogens is 1. The van der Waals surface area contributed by atoms with Gasteiger partial charge in [0.05, 0.1) is 18.5 Å². The molecule has 0 atom stereocenters. The Hall–Kier alpha value is -2.47. The van der Waals surface area contributed by atoms with Crippen LogP contribution in [0.1, 0.15) is 10.4 Å². The average molecular weight is 290 g/mol. The van der Waals surface area contributed by atoms with Gasteiger partial charge in [-0.3, -0.25) is 4.79 Å². The van der Waals surface area contributed by atoms with E-state index in [1.54, 1.807) is 19.2 Å². The first-order valence-corrected chi connectivity index (χ1v) is 6.34. The number of rotatable bonds is 6. The van der Waals surface area contributed by atoms with Crippen LogP contribution in [-0.4, -0.2) is 31.2 Å². The Morgan fingerprint density at radius 2 is 1.95 bits per heavy atom. The minimum atomic E-state index is -0.384. The summed E-state index contributed by atoms with van der Waals surface area (Å²) < 4.78 is 23.0. The van der Waals surface area contributed by atoms with Crippen molar-refractivity contribution in [3.8, 4) is 5.88 Å². The van der Waals surface area contributed by atoms with Gasteiger partial charge in [0.2, 0.25) is 5.88 Å². The molecule has 2 rings (SSSR count). The number of carbonyl (C=O) groups is 1. The smallest absolute Gasteiger partial charge is 0.255 e. The first kappa shape index (κ1) is 14.9. The molecule has 21 heavy (non-hydrogen) atoms. The second-order valence-electron chi connectivity index (χ2n) is 4.19. The van der Waals surface area contributed by atoms with E-state index in [2.05, 4.69) is 10.3 Å². The number of amides is 1. The van der Waals surface area contributed by atoms with Crippen molar-refractivity contribution in [2.75, 3.05) is 25.6 Å². The van der Waals surface area contributed by atoms with E-state index in [1.807, 2.05) is 0 Å². The lowest BCUT2D eigenvalue weighted by Crippen LogP contribution is -2.12. The number of halogens is 1. The SMILES string of the molecule is COCCOc1ccc(NC(=O)c2ccc(F)cc2)cn1.